The molecule has 5 nitrogen and oxygen atoms in total. The van der Waals surface area contributed by atoms with Gasteiger partial charge < -0.3 is 4.90 Å². The second-order valence-electron chi connectivity index (χ2n) is 10.1. The van der Waals surface area contributed by atoms with Crippen LogP contribution in [0.2, 0.25) is 0 Å². The summed E-state index contributed by atoms with van der Waals surface area (Å²) in [6.07, 6.45) is 4.26. The summed E-state index contributed by atoms with van der Waals surface area (Å²) < 4.78 is 29.1. The molecular formula is C30H32N2O3S. The van der Waals surface area contributed by atoms with Crippen LogP contribution in [0.3, 0.4) is 0 Å². The van der Waals surface area contributed by atoms with Gasteiger partial charge in [-0.15, -0.1) is 0 Å². The lowest BCUT2D eigenvalue weighted by Crippen LogP contribution is -2.49. The number of anilines is 1. The maximum atomic E-state index is 13.7. The summed E-state index contributed by atoms with van der Waals surface area (Å²) in [7, 11) is 0.347. The summed E-state index contributed by atoms with van der Waals surface area (Å²) in [5, 5.41) is 0. The second-order valence-corrected chi connectivity index (χ2v) is 12.1. The number of sulfonamides is 1. The van der Waals surface area contributed by atoms with Crippen molar-refractivity contribution in [2.24, 2.45) is 5.41 Å². The van der Waals surface area contributed by atoms with Gasteiger partial charge in [-0.05, 0) is 66.3 Å². The number of fused-ring (bicyclic) bond motifs is 1. The zero-order valence-corrected chi connectivity index (χ0v) is 21.7. The number of benzene rings is 3. The molecule has 1 unspecified atom stereocenters. The molecule has 1 fully saturated rings. The molecule has 0 saturated carbocycles. The fourth-order valence-electron chi connectivity index (χ4n) is 5.49. The molecule has 1 aliphatic carbocycles. The minimum absolute atomic E-state index is 0.152. The number of carbonyl (C=O) groups is 1. The van der Waals surface area contributed by atoms with E-state index in [1.165, 1.54) is 5.56 Å². The van der Waals surface area contributed by atoms with E-state index in [9.17, 15) is 13.2 Å². The Balaban J connectivity index is 1.40. The number of carbonyl (C=O) groups excluding carboxylic acids is 1. The summed E-state index contributed by atoms with van der Waals surface area (Å²) in [6, 6.07) is 25.6. The molecule has 0 amide bonds. The summed E-state index contributed by atoms with van der Waals surface area (Å²) in [5.74, 6) is 0.152. The van der Waals surface area contributed by atoms with Gasteiger partial charge in [-0.25, -0.2) is 8.42 Å². The highest BCUT2D eigenvalue weighted by atomic mass is 32.2. The van der Waals surface area contributed by atoms with E-state index in [1.54, 1.807) is 22.5 Å². The van der Waals surface area contributed by atoms with Crippen LogP contribution >= 0.6 is 0 Å². The first-order valence-corrected chi connectivity index (χ1v) is 13.9. The van der Waals surface area contributed by atoms with E-state index in [1.807, 2.05) is 49.3 Å². The first kappa shape index (κ1) is 24.5. The predicted octanol–water partition coefficient (Wildman–Crippen LogP) is 5.33. The lowest BCUT2D eigenvalue weighted by atomic mass is 9.66. The van der Waals surface area contributed by atoms with E-state index in [0.29, 0.717) is 37.2 Å². The van der Waals surface area contributed by atoms with Gasteiger partial charge in [0.1, 0.15) is 0 Å². The van der Waals surface area contributed by atoms with Crippen LogP contribution < -0.4 is 4.90 Å². The molecule has 36 heavy (non-hydrogen) atoms. The van der Waals surface area contributed by atoms with E-state index in [-0.39, 0.29) is 11.2 Å². The zero-order valence-electron chi connectivity index (χ0n) is 20.9. The fraction of sp³-hybridized carbons (Fsp3) is 0.300. The number of hydrogen-bond donors (Lipinski definition) is 0. The van der Waals surface area contributed by atoms with Crippen molar-refractivity contribution in [2.45, 2.75) is 30.6 Å². The number of piperidine rings is 1. The molecule has 0 bridgehead atoms. The quantitative estimate of drug-likeness (QED) is 0.459. The normalized spacial score (nSPS) is 20.5. The lowest BCUT2D eigenvalue weighted by Gasteiger charge is -2.46. The van der Waals surface area contributed by atoms with Crippen molar-refractivity contribution in [3.63, 3.8) is 0 Å². The Labute approximate surface area is 214 Å². The molecule has 3 aromatic carbocycles. The summed E-state index contributed by atoms with van der Waals surface area (Å²) in [5.41, 5.74) is 5.08. The highest BCUT2D eigenvalue weighted by Crippen LogP contribution is 2.46. The van der Waals surface area contributed by atoms with Gasteiger partial charge in [-0.1, -0.05) is 60.2 Å². The van der Waals surface area contributed by atoms with E-state index < -0.39 is 10.0 Å². The molecule has 2 aliphatic rings. The molecule has 3 aromatic rings. The van der Waals surface area contributed by atoms with Crippen LogP contribution in [-0.2, 0) is 21.2 Å². The number of ketones is 1. The number of rotatable bonds is 6. The van der Waals surface area contributed by atoms with Gasteiger partial charge in [0.15, 0.2) is 5.78 Å². The van der Waals surface area contributed by atoms with Gasteiger partial charge >= 0.3 is 0 Å². The molecule has 186 valence electrons. The summed E-state index contributed by atoms with van der Waals surface area (Å²) in [6.45, 7) is 0.794. The molecule has 5 rings (SSSR count). The number of nitrogens with zero attached hydrogens (tertiary/aromatic N) is 2. The number of allylic oxidation sites excluding steroid dienone is 1. The van der Waals surface area contributed by atoms with Crippen molar-refractivity contribution in [3.05, 3.63) is 96.1 Å². The van der Waals surface area contributed by atoms with E-state index >= 15 is 0 Å². The van der Waals surface area contributed by atoms with Gasteiger partial charge in [0.2, 0.25) is 10.0 Å². The van der Waals surface area contributed by atoms with Crippen molar-refractivity contribution < 1.29 is 13.2 Å². The molecule has 1 aliphatic heterocycles. The van der Waals surface area contributed by atoms with Crippen LogP contribution in [0.25, 0.3) is 11.1 Å². The van der Waals surface area contributed by atoms with E-state index in [0.717, 1.165) is 28.8 Å². The summed E-state index contributed by atoms with van der Waals surface area (Å²) in [4.78, 5) is 14.6. The summed E-state index contributed by atoms with van der Waals surface area (Å²) >= 11 is 0. The molecule has 0 radical (unpaired) electrons. The van der Waals surface area contributed by atoms with Crippen LogP contribution in [0.4, 0.5) is 5.69 Å². The Morgan fingerprint density at radius 3 is 2.14 bits per heavy atom. The van der Waals surface area contributed by atoms with Crippen LogP contribution in [0, 0.1) is 5.41 Å². The maximum Gasteiger partial charge on any atom is 0.243 e. The first-order valence-electron chi connectivity index (χ1n) is 12.4. The Morgan fingerprint density at radius 2 is 1.50 bits per heavy atom. The Hall–Kier alpha value is -3.22. The SMILES string of the molecule is CN(C)c1ccc(-c2ccc(S(=O)(=O)N3CCC4=CC(=O)CCC4(Cc4ccccc4)C3)cc2)cc1. The van der Waals surface area contributed by atoms with Crippen LogP contribution in [-0.4, -0.2) is 45.7 Å². The highest BCUT2D eigenvalue weighted by Gasteiger charge is 2.45. The first-order chi connectivity index (χ1) is 17.3. The zero-order chi connectivity index (χ0) is 25.3. The highest BCUT2D eigenvalue weighted by molar-refractivity contribution is 7.89. The topological polar surface area (TPSA) is 57.7 Å². The molecule has 0 spiro atoms. The van der Waals surface area contributed by atoms with E-state index in [4.69, 9.17) is 0 Å². The Morgan fingerprint density at radius 1 is 0.861 bits per heavy atom. The molecule has 1 saturated heterocycles. The minimum atomic E-state index is -3.66. The fourth-order valence-corrected chi connectivity index (χ4v) is 7.02. The van der Waals surface area contributed by atoms with Crippen molar-refractivity contribution in [2.75, 3.05) is 32.1 Å². The maximum absolute atomic E-state index is 13.7. The minimum Gasteiger partial charge on any atom is -0.378 e. The average Bonchev–Trinajstić information content (AvgIpc) is 2.89. The van der Waals surface area contributed by atoms with Crippen LogP contribution in [0.1, 0.15) is 24.8 Å². The Kier molecular flexibility index (Phi) is 6.58. The second kappa shape index (κ2) is 9.68. The van der Waals surface area contributed by atoms with Gasteiger partial charge in [0.25, 0.3) is 0 Å². The third-order valence-electron chi connectivity index (χ3n) is 7.57. The van der Waals surface area contributed by atoms with Crippen molar-refractivity contribution in [1.29, 1.82) is 0 Å². The van der Waals surface area contributed by atoms with Gasteiger partial charge in [-0.2, -0.15) is 4.31 Å². The largest absolute Gasteiger partial charge is 0.378 e. The standard InChI is InChI=1S/C30H32N2O3S/c1-31(2)27-12-8-24(9-13-27)25-10-14-29(15-11-25)36(34,35)32-19-17-26-20-28(33)16-18-30(26,22-32)21-23-6-4-3-5-7-23/h3-15,20H,16-19,21-22H2,1-2H3. The smallest absolute Gasteiger partial charge is 0.243 e. The molecule has 1 atom stereocenters. The average molecular weight is 501 g/mol. The van der Waals surface area contributed by atoms with Crippen molar-refractivity contribution in [3.8, 4) is 11.1 Å². The molecule has 6 heteroatoms. The third-order valence-corrected chi connectivity index (χ3v) is 9.43. The van der Waals surface area contributed by atoms with Crippen LogP contribution in [0.15, 0.2) is 95.4 Å². The monoisotopic (exact) mass is 500 g/mol. The molecule has 1 heterocycles. The van der Waals surface area contributed by atoms with Gasteiger partial charge in [0, 0.05) is 44.7 Å². The van der Waals surface area contributed by atoms with Gasteiger partial charge in [-0.3, -0.25) is 4.79 Å². The molecular weight excluding hydrogens is 468 g/mol. The van der Waals surface area contributed by atoms with Crippen molar-refractivity contribution >= 4 is 21.5 Å². The molecule has 0 N–H and O–H groups in total. The van der Waals surface area contributed by atoms with E-state index in [2.05, 4.69) is 36.4 Å². The number of hydrogen-bond acceptors (Lipinski definition) is 4. The van der Waals surface area contributed by atoms with Crippen molar-refractivity contribution in [1.82, 2.24) is 4.31 Å². The lowest BCUT2D eigenvalue weighted by molar-refractivity contribution is -0.116. The van der Waals surface area contributed by atoms with Gasteiger partial charge in [0.05, 0.1) is 4.90 Å². The predicted molar refractivity (Wildman–Crippen MR) is 144 cm³/mol. The molecule has 0 aromatic heterocycles. The van der Waals surface area contributed by atoms with Crippen LogP contribution in [0.5, 0.6) is 0 Å². The third kappa shape index (κ3) is 4.75. The Bertz CT molecular complexity index is 1380.